The predicted octanol–water partition coefficient (Wildman–Crippen LogP) is 2.61. The number of halogens is 1. The number of hydrogen-bond acceptors (Lipinski definition) is 5. The van der Waals surface area contributed by atoms with Crippen LogP contribution in [0.15, 0.2) is 48.5 Å². The van der Waals surface area contributed by atoms with Crippen LogP contribution in [-0.2, 0) is 14.8 Å². The van der Waals surface area contributed by atoms with Gasteiger partial charge in [0.2, 0.25) is 10.0 Å². The summed E-state index contributed by atoms with van der Waals surface area (Å²) in [5.74, 6) is 0.184. The molecule has 0 aliphatic carbocycles. The first kappa shape index (κ1) is 20.8. The van der Waals surface area contributed by atoms with Crippen LogP contribution >= 0.6 is 11.6 Å². The van der Waals surface area contributed by atoms with Crippen LogP contribution in [0.25, 0.3) is 0 Å². The van der Waals surface area contributed by atoms with E-state index in [1.165, 1.54) is 4.31 Å². The fourth-order valence-corrected chi connectivity index (χ4v) is 5.12. The molecule has 0 unspecified atom stereocenters. The smallest absolute Gasteiger partial charge is 0.265 e. The molecule has 0 saturated carbocycles. The number of amides is 1. The number of nitrogens with zero attached hydrogens (tertiary/aromatic N) is 3. The summed E-state index contributed by atoms with van der Waals surface area (Å²) < 4.78 is 32.5. The second-order valence-electron chi connectivity index (χ2n) is 7.30. The first-order chi connectivity index (χ1) is 14.4. The molecule has 0 N–H and O–H groups in total. The number of sulfonamides is 1. The quantitative estimate of drug-likeness (QED) is 0.717. The van der Waals surface area contributed by atoms with Gasteiger partial charge in [0.25, 0.3) is 5.91 Å². The fraction of sp³-hybridized carbons (Fsp3) is 0.381. The zero-order chi connectivity index (χ0) is 21.3. The second-order valence-corrected chi connectivity index (χ2v) is 9.92. The maximum Gasteiger partial charge on any atom is 0.265 e. The van der Waals surface area contributed by atoms with Crippen molar-refractivity contribution in [3.05, 3.63) is 53.6 Å². The molecule has 0 aromatic heterocycles. The average molecular weight is 450 g/mol. The summed E-state index contributed by atoms with van der Waals surface area (Å²) in [6, 6.07) is 14.6. The number of fused-ring (bicyclic) bond motifs is 1. The number of anilines is 2. The number of carbonyl (C=O) groups is 1. The second kappa shape index (κ2) is 8.35. The van der Waals surface area contributed by atoms with Gasteiger partial charge >= 0.3 is 0 Å². The van der Waals surface area contributed by atoms with Gasteiger partial charge in [0.05, 0.1) is 18.0 Å². The Morgan fingerprint density at radius 1 is 1.10 bits per heavy atom. The molecule has 0 spiro atoms. The molecule has 2 heterocycles. The number of benzene rings is 2. The largest absolute Gasteiger partial charge is 0.476 e. The lowest BCUT2D eigenvalue weighted by molar-refractivity contribution is -0.138. The topological polar surface area (TPSA) is 70.2 Å². The Kier molecular flexibility index (Phi) is 5.79. The van der Waals surface area contributed by atoms with Crippen LogP contribution < -0.4 is 13.9 Å². The number of rotatable bonds is 4. The molecule has 1 atom stereocenters. The average Bonchev–Trinajstić information content (AvgIpc) is 2.78. The molecular weight excluding hydrogens is 426 g/mol. The number of hydrogen-bond donors (Lipinski definition) is 0. The van der Waals surface area contributed by atoms with Crippen LogP contribution in [0, 0.1) is 0 Å². The zero-order valence-electron chi connectivity index (χ0n) is 16.7. The monoisotopic (exact) mass is 449 g/mol. The Morgan fingerprint density at radius 3 is 2.53 bits per heavy atom. The van der Waals surface area contributed by atoms with Gasteiger partial charge in [-0.05, 0) is 37.3 Å². The Hall–Kier alpha value is -2.45. The number of carbonyl (C=O) groups excluding carboxylic acids is 1. The van der Waals surface area contributed by atoms with Crippen LogP contribution in [0.1, 0.15) is 6.92 Å². The van der Waals surface area contributed by atoms with Crippen molar-refractivity contribution >= 4 is 38.9 Å². The Labute approximate surface area is 181 Å². The summed E-state index contributed by atoms with van der Waals surface area (Å²) in [4.78, 5) is 17.1. The van der Waals surface area contributed by atoms with Gasteiger partial charge in [-0.2, -0.15) is 0 Å². The van der Waals surface area contributed by atoms with E-state index in [2.05, 4.69) is 4.90 Å². The van der Waals surface area contributed by atoms with Crippen molar-refractivity contribution in [2.75, 3.05) is 47.7 Å². The molecule has 160 valence electrons. The number of para-hydroxylation sites is 2. The molecule has 0 bridgehead atoms. The van der Waals surface area contributed by atoms with Crippen molar-refractivity contribution in [2.45, 2.75) is 13.0 Å². The highest BCUT2D eigenvalue weighted by atomic mass is 35.5. The van der Waals surface area contributed by atoms with Gasteiger partial charge < -0.3 is 14.5 Å². The Morgan fingerprint density at radius 2 is 1.83 bits per heavy atom. The van der Waals surface area contributed by atoms with E-state index in [9.17, 15) is 13.2 Å². The maximum atomic E-state index is 13.2. The molecule has 2 aromatic carbocycles. The van der Waals surface area contributed by atoms with Crippen molar-refractivity contribution in [1.82, 2.24) is 4.90 Å². The lowest BCUT2D eigenvalue weighted by Gasteiger charge is -2.40. The summed E-state index contributed by atoms with van der Waals surface area (Å²) in [6.07, 6.45) is -0.862. The van der Waals surface area contributed by atoms with Crippen LogP contribution in [-0.4, -0.2) is 63.8 Å². The lowest BCUT2D eigenvalue weighted by atomic mass is 10.2. The van der Waals surface area contributed by atoms with Crippen molar-refractivity contribution < 1.29 is 17.9 Å². The van der Waals surface area contributed by atoms with E-state index < -0.39 is 16.1 Å². The van der Waals surface area contributed by atoms with E-state index in [1.54, 1.807) is 36.1 Å². The van der Waals surface area contributed by atoms with E-state index in [-0.39, 0.29) is 18.2 Å². The van der Waals surface area contributed by atoms with E-state index in [1.807, 2.05) is 24.3 Å². The lowest BCUT2D eigenvalue weighted by Crippen LogP contribution is -2.56. The minimum atomic E-state index is -3.52. The summed E-state index contributed by atoms with van der Waals surface area (Å²) in [5, 5.41) is 0.678. The minimum absolute atomic E-state index is 0.0134. The third kappa shape index (κ3) is 4.06. The minimum Gasteiger partial charge on any atom is -0.476 e. The van der Waals surface area contributed by atoms with E-state index >= 15 is 0 Å². The standard InChI is InChI=1S/C21H24ClN3O4S/c1-2-30(27,28)25-15-20(29-19-9-4-3-8-18(19)25)21(26)24-12-10-23(11-13-24)17-7-5-6-16(22)14-17/h3-9,14,20H,2,10-13,15H2,1H3/t20-/m0/s1. The summed E-state index contributed by atoms with van der Waals surface area (Å²) in [7, 11) is -3.52. The van der Waals surface area contributed by atoms with Crippen LogP contribution in [0.5, 0.6) is 5.75 Å². The normalized spacial score (nSPS) is 19.3. The summed E-state index contributed by atoms with van der Waals surface area (Å²) in [5.41, 5.74) is 1.51. The van der Waals surface area contributed by atoms with Crippen LogP contribution in [0.4, 0.5) is 11.4 Å². The van der Waals surface area contributed by atoms with Crippen molar-refractivity contribution in [1.29, 1.82) is 0 Å². The molecular formula is C21H24ClN3O4S. The van der Waals surface area contributed by atoms with Crippen molar-refractivity contribution in [3.63, 3.8) is 0 Å². The third-order valence-electron chi connectivity index (χ3n) is 5.48. The third-order valence-corrected chi connectivity index (χ3v) is 7.46. The van der Waals surface area contributed by atoms with E-state index in [4.69, 9.17) is 16.3 Å². The molecule has 2 aliphatic heterocycles. The van der Waals surface area contributed by atoms with Gasteiger partial charge in [-0.15, -0.1) is 0 Å². The number of ether oxygens (including phenoxy) is 1. The van der Waals surface area contributed by atoms with Gasteiger partial charge in [-0.1, -0.05) is 29.8 Å². The molecule has 30 heavy (non-hydrogen) atoms. The molecule has 2 aliphatic rings. The highest BCUT2D eigenvalue weighted by Crippen LogP contribution is 2.35. The predicted molar refractivity (Wildman–Crippen MR) is 118 cm³/mol. The number of piperazine rings is 1. The zero-order valence-corrected chi connectivity index (χ0v) is 18.3. The first-order valence-corrected chi connectivity index (χ1v) is 11.9. The molecule has 0 radical (unpaired) electrons. The van der Waals surface area contributed by atoms with Gasteiger partial charge in [-0.3, -0.25) is 9.10 Å². The van der Waals surface area contributed by atoms with Gasteiger partial charge in [0.1, 0.15) is 5.75 Å². The van der Waals surface area contributed by atoms with E-state index in [0.29, 0.717) is 42.6 Å². The first-order valence-electron chi connectivity index (χ1n) is 9.94. The van der Waals surface area contributed by atoms with Gasteiger partial charge in [0, 0.05) is 36.9 Å². The Balaban J connectivity index is 1.48. The fourth-order valence-electron chi connectivity index (χ4n) is 3.81. The molecule has 1 amide bonds. The highest BCUT2D eigenvalue weighted by Gasteiger charge is 2.38. The molecule has 9 heteroatoms. The molecule has 7 nitrogen and oxygen atoms in total. The SMILES string of the molecule is CCS(=O)(=O)N1C[C@@H](C(=O)N2CCN(c3cccc(Cl)c3)CC2)Oc2ccccc21. The molecule has 4 rings (SSSR count). The molecule has 1 fully saturated rings. The van der Waals surface area contributed by atoms with Crippen LogP contribution in [0.2, 0.25) is 5.02 Å². The maximum absolute atomic E-state index is 13.2. The Bertz CT molecular complexity index is 1040. The van der Waals surface area contributed by atoms with Crippen molar-refractivity contribution in [3.8, 4) is 5.75 Å². The highest BCUT2D eigenvalue weighted by molar-refractivity contribution is 7.92. The van der Waals surface area contributed by atoms with Crippen LogP contribution in [0.3, 0.4) is 0 Å². The summed E-state index contributed by atoms with van der Waals surface area (Å²) >= 11 is 6.09. The van der Waals surface area contributed by atoms with Gasteiger partial charge in [0.15, 0.2) is 6.10 Å². The van der Waals surface area contributed by atoms with E-state index in [0.717, 1.165) is 5.69 Å². The molecule has 1 saturated heterocycles. The summed E-state index contributed by atoms with van der Waals surface area (Å²) in [6.45, 7) is 4.00. The molecule has 2 aromatic rings. The van der Waals surface area contributed by atoms with Crippen molar-refractivity contribution in [2.24, 2.45) is 0 Å². The van der Waals surface area contributed by atoms with Gasteiger partial charge in [-0.25, -0.2) is 8.42 Å².